The minimum Gasteiger partial charge on any atom is -0.497 e. The second-order valence-corrected chi connectivity index (χ2v) is 6.61. The molecule has 0 fully saturated rings. The SMILES string of the molecule is COc1ccc2c(c1)C(O)(CN)CCCCC(OC)CCCC2. The minimum atomic E-state index is -0.967. The Labute approximate surface area is 140 Å². The van der Waals surface area contributed by atoms with E-state index < -0.39 is 5.60 Å². The highest BCUT2D eigenvalue weighted by Crippen LogP contribution is 2.33. The smallest absolute Gasteiger partial charge is 0.119 e. The number of ether oxygens (including phenoxy) is 2. The Hall–Kier alpha value is -1.10. The van der Waals surface area contributed by atoms with Crippen LogP contribution in [0.25, 0.3) is 0 Å². The van der Waals surface area contributed by atoms with Crippen LogP contribution in [0.15, 0.2) is 18.2 Å². The first-order valence-corrected chi connectivity index (χ1v) is 8.75. The predicted octanol–water partition coefficient (Wildman–Crippen LogP) is 3.14. The summed E-state index contributed by atoms with van der Waals surface area (Å²) in [5, 5.41) is 11.1. The number of benzene rings is 1. The molecule has 1 aromatic carbocycles. The van der Waals surface area contributed by atoms with E-state index in [1.54, 1.807) is 14.2 Å². The van der Waals surface area contributed by atoms with Crippen LogP contribution in [0.1, 0.15) is 56.1 Å². The maximum absolute atomic E-state index is 11.1. The van der Waals surface area contributed by atoms with Gasteiger partial charge < -0.3 is 20.3 Å². The van der Waals surface area contributed by atoms with Crippen molar-refractivity contribution < 1.29 is 14.6 Å². The zero-order chi connectivity index (χ0) is 16.7. The lowest BCUT2D eigenvalue weighted by Crippen LogP contribution is -2.36. The third-order valence-electron chi connectivity index (χ3n) is 5.08. The number of methoxy groups -OCH3 is 2. The van der Waals surface area contributed by atoms with Crippen molar-refractivity contribution in [3.05, 3.63) is 29.3 Å². The Morgan fingerprint density at radius 2 is 1.91 bits per heavy atom. The fourth-order valence-electron chi connectivity index (χ4n) is 3.54. The lowest BCUT2D eigenvalue weighted by molar-refractivity contribution is 0.0294. The van der Waals surface area contributed by atoms with Gasteiger partial charge in [-0.2, -0.15) is 0 Å². The number of hydrogen-bond donors (Lipinski definition) is 2. The molecule has 0 bridgehead atoms. The third-order valence-corrected chi connectivity index (χ3v) is 5.08. The summed E-state index contributed by atoms with van der Waals surface area (Å²) in [6.45, 7) is 0.237. The summed E-state index contributed by atoms with van der Waals surface area (Å²) in [4.78, 5) is 0. The van der Waals surface area contributed by atoms with Crippen LogP contribution >= 0.6 is 0 Å². The summed E-state index contributed by atoms with van der Waals surface area (Å²) in [6.07, 6.45) is 8.40. The second-order valence-electron chi connectivity index (χ2n) is 6.61. The summed E-state index contributed by atoms with van der Waals surface area (Å²) in [5.41, 5.74) is 7.13. The lowest BCUT2D eigenvalue weighted by atomic mass is 9.83. The molecule has 0 aliphatic heterocycles. The van der Waals surface area contributed by atoms with E-state index >= 15 is 0 Å². The van der Waals surface area contributed by atoms with Crippen LogP contribution in [-0.2, 0) is 16.8 Å². The zero-order valence-corrected chi connectivity index (χ0v) is 14.5. The van der Waals surface area contributed by atoms with Gasteiger partial charge in [-0.15, -0.1) is 0 Å². The molecule has 0 saturated heterocycles. The van der Waals surface area contributed by atoms with E-state index in [0.29, 0.717) is 12.5 Å². The fourth-order valence-corrected chi connectivity index (χ4v) is 3.54. The van der Waals surface area contributed by atoms with Crippen LogP contribution in [0.2, 0.25) is 0 Å². The summed E-state index contributed by atoms with van der Waals surface area (Å²) >= 11 is 0. The normalized spacial score (nSPS) is 26.7. The molecule has 4 nitrogen and oxygen atoms in total. The van der Waals surface area contributed by atoms with Crippen molar-refractivity contribution in [3.8, 4) is 5.75 Å². The van der Waals surface area contributed by atoms with Gasteiger partial charge in [0.25, 0.3) is 0 Å². The minimum absolute atomic E-state index is 0.237. The fraction of sp³-hybridized carbons (Fsp3) is 0.684. The topological polar surface area (TPSA) is 64.7 Å². The van der Waals surface area contributed by atoms with Gasteiger partial charge in [0, 0.05) is 13.7 Å². The molecule has 130 valence electrons. The average Bonchev–Trinajstić information content (AvgIpc) is 2.59. The molecule has 3 N–H and O–H groups in total. The second kappa shape index (κ2) is 8.67. The molecule has 1 aliphatic carbocycles. The Morgan fingerprint density at radius 1 is 1.17 bits per heavy atom. The molecule has 0 radical (unpaired) electrons. The van der Waals surface area contributed by atoms with Crippen molar-refractivity contribution in [3.63, 3.8) is 0 Å². The van der Waals surface area contributed by atoms with Crippen LogP contribution in [0.4, 0.5) is 0 Å². The number of rotatable bonds is 3. The first-order chi connectivity index (χ1) is 11.1. The van der Waals surface area contributed by atoms with Gasteiger partial charge in [0.05, 0.1) is 13.2 Å². The van der Waals surface area contributed by atoms with Gasteiger partial charge in [-0.1, -0.05) is 25.3 Å². The van der Waals surface area contributed by atoms with Crippen molar-refractivity contribution >= 4 is 0 Å². The molecule has 2 unspecified atom stereocenters. The standard InChI is InChI=1S/C19H31NO3/c1-22-16-8-4-3-7-15-10-11-17(23-2)13-18(15)19(21,14-20)12-6-5-9-16/h10-11,13,16,21H,3-9,12,14,20H2,1-2H3. The van der Waals surface area contributed by atoms with Gasteiger partial charge >= 0.3 is 0 Å². The van der Waals surface area contributed by atoms with Crippen molar-refractivity contribution in [1.82, 2.24) is 0 Å². The van der Waals surface area contributed by atoms with Crippen molar-refractivity contribution in [1.29, 1.82) is 0 Å². The van der Waals surface area contributed by atoms with E-state index in [2.05, 4.69) is 6.07 Å². The van der Waals surface area contributed by atoms with Crippen LogP contribution < -0.4 is 10.5 Å². The van der Waals surface area contributed by atoms with E-state index in [0.717, 1.165) is 56.3 Å². The molecular formula is C19H31NO3. The maximum Gasteiger partial charge on any atom is 0.119 e. The van der Waals surface area contributed by atoms with E-state index in [-0.39, 0.29) is 6.54 Å². The zero-order valence-electron chi connectivity index (χ0n) is 14.5. The molecule has 0 saturated carbocycles. The highest BCUT2D eigenvalue weighted by atomic mass is 16.5. The van der Waals surface area contributed by atoms with Crippen LogP contribution in [0.3, 0.4) is 0 Å². The molecule has 2 rings (SSSR count). The van der Waals surface area contributed by atoms with Crippen LogP contribution in [0, 0.1) is 0 Å². The Balaban J connectivity index is 2.28. The molecule has 0 heterocycles. The highest BCUT2D eigenvalue weighted by molar-refractivity contribution is 5.40. The van der Waals surface area contributed by atoms with Gasteiger partial charge in [-0.25, -0.2) is 0 Å². The number of aliphatic hydroxyl groups is 1. The van der Waals surface area contributed by atoms with Crippen LogP contribution in [0.5, 0.6) is 5.75 Å². The van der Waals surface area contributed by atoms with Crippen molar-refractivity contribution in [2.45, 2.75) is 63.1 Å². The molecule has 2 atom stereocenters. The van der Waals surface area contributed by atoms with Gasteiger partial charge in [-0.05, 0) is 55.4 Å². The number of aryl methyl sites for hydroxylation is 1. The monoisotopic (exact) mass is 321 g/mol. The van der Waals surface area contributed by atoms with Crippen LogP contribution in [-0.4, -0.2) is 32.0 Å². The molecule has 0 spiro atoms. The lowest BCUT2D eigenvalue weighted by Gasteiger charge is -2.30. The summed E-state index contributed by atoms with van der Waals surface area (Å²) < 4.78 is 10.9. The Kier molecular flexibility index (Phi) is 6.88. The summed E-state index contributed by atoms with van der Waals surface area (Å²) in [6, 6.07) is 6.01. The van der Waals surface area contributed by atoms with E-state index in [1.165, 1.54) is 5.56 Å². The van der Waals surface area contributed by atoms with Crippen molar-refractivity contribution in [2.75, 3.05) is 20.8 Å². The van der Waals surface area contributed by atoms with Crippen molar-refractivity contribution in [2.24, 2.45) is 5.73 Å². The first kappa shape index (κ1) is 18.2. The molecule has 0 aromatic heterocycles. The Morgan fingerprint density at radius 3 is 2.57 bits per heavy atom. The van der Waals surface area contributed by atoms with Gasteiger partial charge in [0.15, 0.2) is 0 Å². The predicted molar refractivity (Wildman–Crippen MR) is 92.8 cm³/mol. The van der Waals surface area contributed by atoms with E-state index in [4.69, 9.17) is 15.2 Å². The number of hydrogen-bond acceptors (Lipinski definition) is 4. The van der Waals surface area contributed by atoms with Gasteiger partial charge in [0.2, 0.25) is 0 Å². The molecule has 1 aliphatic rings. The molecule has 0 amide bonds. The highest BCUT2D eigenvalue weighted by Gasteiger charge is 2.30. The summed E-state index contributed by atoms with van der Waals surface area (Å²) in [5.74, 6) is 0.780. The van der Waals surface area contributed by atoms with Gasteiger partial charge in [0.1, 0.15) is 11.4 Å². The maximum atomic E-state index is 11.1. The van der Waals surface area contributed by atoms with Gasteiger partial charge in [-0.3, -0.25) is 0 Å². The van der Waals surface area contributed by atoms with E-state index in [1.807, 2.05) is 12.1 Å². The molecule has 1 aromatic rings. The largest absolute Gasteiger partial charge is 0.497 e. The number of fused-ring (bicyclic) bond motifs is 1. The molecule has 23 heavy (non-hydrogen) atoms. The third kappa shape index (κ3) is 4.69. The molecular weight excluding hydrogens is 290 g/mol. The summed E-state index contributed by atoms with van der Waals surface area (Å²) in [7, 11) is 3.46. The average molecular weight is 321 g/mol. The first-order valence-electron chi connectivity index (χ1n) is 8.75. The molecule has 4 heteroatoms. The number of nitrogens with two attached hydrogens (primary N) is 1. The van der Waals surface area contributed by atoms with E-state index in [9.17, 15) is 5.11 Å². The quantitative estimate of drug-likeness (QED) is 0.897. The Bertz CT molecular complexity index is 492.